The summed E-state index contributed by atoms with van der Waals surface area (Å²) in [5.41, 5.74) is 7.44. The summed E-state index contributed by atoms with van der Waals surface area (Å²) in [6, 6.07) is 7.54. The highest BCUT2D eigenvalue weighted by atomic mass is 35.5. The van der Waals surface area contributed by atoms with E-state index in [1.54, 1.807) is 6.20 Å². The summed E-state index contributed by atoms with van der Waals surface area (Å²) in [5.74, 6) is -0.248. The number of hydrogen-bond donors (Lipinski definition) is 1. The summed E-state index contributed by atoms with van der Waals surface area (Å²) in [6.07, 6.45) is 3.61. The summed E-state index contributed by atoms with van der Waals surface area (Å²) < 4.78 is 0. The number of benzene rings is 1. The largest absolute Gasteiger partial charge is 0.368 e. The molecule has 1 aliphatic heterocycles. The molecule has 2 heterocycles. The lowest BCUT2D eigenvalue weighted by Gasteiger charge is -2.22. The third kappa shape index (κ3) is 2.49. The maximum atomic E-state index is 11.5. The van der Waals surface area contributed by atoms with Gasteiger partial charge in [0.2, 0.25) is 5.91 Å². The fraction of sp³-hybridized carbons (Fsp3) is 0.333. The minimum absolute atomic E-state index is 0.173. The summed E-state index contributed by atoms with van der Waals surface area (Å²) >= 11 is 6.17. The van der Waals surface area contributed by atoms with Crippen LogP contribution in [0.2, 0.25) is 5.02 Å². The molecule has 1 aliphatic rings. The van der Waals surface area contributed by atoms with Crippen LogP contribution in [0.4, 0.5) is 0 Å². The van der Waals surface area contributed by atoms with Crippen LogP contribution in [0.3, 0.4) is 0 Å². The zero-order chi connectivity index (χ0) is 14.1. The first kappa shape index (κ1) is 13.3. The predicted molar refractivity (Wildman–Crippen MR) is 79.4 cm³/mol. The van der Waals surface area contributed by atoms with E-state index in [1.165, 1.54) is 0 Å². The second-order valence-corrected chi connectivity index (χ2v) is 5.61. The topological polar surface area (TPSA) is 59.2 Å². The lowest BCUT2D eigenvalue weighted by Crippen LogP contribution is -2.39. The number of aromatic nitrogens is 1. The van der Waals surface area contributed by atoms with Crippen LogP contribution in [0.1, 0.15) is 18.4 Å². The number of nitrogens with zero attached hydrogens (tertiary/aromatic N) is 2. The van der Waals surface area contributed by atoms with Crippen LogP contribution < -0.4 is 5.73 Å². The third-order valence-electron chi connectivity index (χ3n) is 3.81. The van der Waals surface area contributed by atoms with E-state index in [0.717, 1.165) is 35.9 Å². The highest BCUT2D eigenvalue weighted by Crippen LogP contribution is 2.26. The first-order valence-corrected chi connectivity index (χ1v) is 7.09. The monoisotopic (exact) mass is 289 g/mol. The SMILES string of the molecule is NC(=O)C1CCCN1Cc1cc(Cl)cc2cccnc12. The molecule has 1 aromatic heterocycles. The number of amides is 1. The zero-order valence-corrected chi connectivity index (χ0v) is 11.8. The van der Waals surface area contributed by atoms with Crippen molar-refractivity contribution in [1.82, 2.24) is 9.88 Å². The molecule has 4 nitrogen and oxygen atoms in total. The van der Waals surface area contributed by atoms with Gasteiger partial charge in [0.1, 0.15) is 0 Å². The molecular weight excluding hydrogens is 274 g/mol. The Labute approximate surface area is 122 Å². The number of likely N-dealkylation sites (tertiary alicyclic amines) is 1. The fourth-order valence-electron chi connectivity index (χ4n) is 2.90. The summed E-state index contributed by atoms with van der Waals surface area (Å²) in [4.78, 5) is 18.0. The van der Waals surface area contributed by atoms with E-state index < -0.39 is 0 Å². The van der Waals surface area contributed by atoms with Gasteiger partial charge in [-0.2, -0.15) is 0 Å². The number of primary amides is 1. The van der Waals surface area contributed by atoms with Gasteiger partial charge in [0.15, 0.2) is 0 Å². The van der Waals surface area contributed by atoms with Gasteiger partial charge in [0, 0.05) is 23.2 Å². The second-order valence-electron chi connectivity index (χ2n) is 5.17. The van der Waals surface area contributed by atoms with Crippen molar-refractivity contribution in [3.05, 3.63) is 41.0 Å². The van der Waals surface area contributed by atoms with Crippen molar-refractivity contribution in [1.29, 1.82) is 0 Å². The van der Waals surface area contributed by atoms with Gasteiger partial charge in [0.25, 0.3) is 0 Å². The Balaban J connectivity index is 1.96. The molecule has 0 saturated carbocycles. The van der Waals surface area contributed by atoms with Crippen LogP contribution in [0, 0.1) is 0 Å². The van der Waals surface area contributed by atoms with E-state index in [0.29, 0.717) is 11.6 Å². The Morgan fingerprint density at radius 3 is 3.15 bits per heavy atom. The van der Waals surface area contributed by atoms with Gasteiger partial charge in [0.05, 0.1) is 11.6 Å². The minimum atomic E-state index is -0.248. The highest BCUT2D eigenvalue weighted by molar-refractivity contribution is 6.31. The average Bonchev–Trinajstić information content (AvgIpc) is 2.87. The van der Waals surface area contributed by atoms with Gasteiger partial charge < -0.3 is 5.73 Å². The molecule has 1 atom stereocenters. The number of halogens is 1. The quantitative estimate of drug-likeness (QED) is 0.943. The Morgan fingerprint density at radius 2 is 2.35 bits per heavy atom. The van der Waals surface area contributed by atoms with Gasteiger partial charge in [-0.3, -0.25) is 14.7 Å². The molecule has 104 valence electrons. The summed E-state index contributed by atoms with van der Waals surface area (Å²) in [5, 5.41) is 1.71. The Kier molecular flexibility index (Phi) is 3.59. The van der Waals surface area contributed by atoms with E-state index in [-0.39, 0.29) is 11.9 Å². The standard InChI is InChI=1S/C15H16ClN3O/c16-12-7-10-3-1-5-18-14(10)11(8-12)9-19-6-2-4-13(19)15(17)20/h1,3,5,7-8,13H,2,4,6,9H2,(H2,17,20). The molecule has 0 spiro atoms. The zero-order valence-electron chi connectivity index (χ0n) is 11.1. The number of fused-ring (bicyclic) bond motifs is 1. The minimum Gasteiger partial charge on any atom is -0.368 e. The van der Waals surface area contributed by atoms with E-state index in [9.17, 15) is 4.79 Å². The first-order valence-electron chi connectivity index (χ1n) is 6.71. The maximum absolute atomic E-state index is 11.5. The molecule has 5 heteroatoms. The molecule has 1 fully saturated rings. The Morgan fingerprint density at radius 1 is 1.50 bits per heavy atom. The van der Waals surface area contributed by atoms with Gasteiger partial charge in [-0.1, -0.05) is 17.7 Å². The van der Waals surface area contributed by atoms with Crippen molar-refractivity contribution in [3.63, 3.8) is 0 Å². The van der Waals surface area contributed by atoms with Crippen LogP contribution in [-0.2, 0) is 11.3 Å². The molecule has 1 unspecified atom stereocenters. The number of carbonyl (C=O) groups is 1. The Hall–Kier alpha value is -1.65. The number of pyridine rings is 1. The van der Waals surface area contributed by atoms with Crippen LogP contribution >= 0.6 is 11.6 Å². The van der Waals surface area contributed by atoms with Crippen LogP contribution in [0.5, 0.6) is 0 Å². The molecule has 0 radical (unpaired) electrons. The van der Waals surface area contributed by atoms with Gasteiger partial charge in [-0.15, -0.1) is 0 Å². The van der Waals surface area contributed by atoms with Crippen LogP contribution in [0.25, 0.3) is 10.9 Å². The molecule has 20 heavy (non-hydrogen) atoms. The fourth-order valence-corrected chi connectivity index (χ4v) is 3.15. The van der Waals surface area contributed by atoms with E-state index in [1.807, 2.05) is 24.3 Å². The number of carbonyl (C=O) groups excluding carboxylic acids is 1. The molecule has 1 amide bonds. The lowest BCUT2D eigenvalue weighted by molar-refractivity contribution is -0.122. The highest BCUT2D eigenvalue weighted by Gasteiger charge is 2.29. The van der Waals surface area contributed by atoms with Crippen molar-refractivity contribution in [3.8, 4) is 0 Å². The van der Waals surface area contributed by atoms with Gasteiger partial charge in [-0.25, -0.2) is 0 Å². The Bertz CT molecular complexity index is 659. The summed E-state index contributed by atoms with van der Waals surface area (Å²) in [7, 11) is 0. The maximum Gasteiger partial charge on any atom is 0.234 e. The van der Waals surface area contributed by atoms with Crippen LogP contribution in [0.15, 0.2) is 30.5 Å². The van der Waals surface area contributed by atoms with Gasteiger partial charge >= 0.3 is 0 Å². The number of nitrogens with two attached hydrogens (primary N) is 1. The number of rotatable bonds is 3. The third-order valence-corrected chi connectivity index (χ3v) is 4.03. The molecule has 1 saturated heterocycles. The van der Waals surface area contributed by atoms with Crippen molar-refractivity contribution in [2.45, 2.75) is 25.4 Å². The number of hydrogen-bond acceptors (Lipinski definition) is 3. The van der Waals surface area contributed by atoms with Crippen LogP contribution in [-0.4, -0.2) is 28.4 Å². The smallest absolute Gasteiger partial charge is 0.234 e. The molecular formula is C15H16ClN3O. The first-order chi connectivity index (χ1) is 9.65. The second kappa shape index (κ2) is 5.38. The van der Waals surface area contributed by atoms with E-state index in [2.05, 4.69) is 9.88 Å². The molecule has 3 rings (SSSR count). The molecule has 0 aliphatic carbocycles. The average molecular weight is 290 g/mol. The molecule has 2 aromatic rings. The van der Waals surface area contributed by atoms with Crippen molar-refractivity contribution in [2.75, 3.05) is 6.54 Å². The molecule has 0 bridgehead atoms. The van der Waals surface area contributed by atoms with Crippen molar-refractivity contribution < 1.29 is 4.79 Å². The van der Waals surface area contributed by atoms with E-state index in [4.69, 9.17) is 17.3 Å². The molecule has 1 aromatic carbocycles. The molecule has 2 N–H and O–H groups in total. The van der Waals surface area contributed by atoms with Gasteiger partial charge in [-0.05, 0) is 43.1 Å². The van der Waals surface area contributed by atoms with E-state index >= 15 is 0 Å². The lowest BCUT2D eigenvalue weighted by atomic mass is 10.1. The summed E-state index contributed by atoms with van der Waals surface area (Å²) in [6.45, 7) is 1.54. The van der Waals surface area contributed by atoms with Crippen molar-refractivity contribution in [2.24, 2.45) is 5.73 Å². The normalized spacial score (nSPS) is 19.6. The predicted octanol–water partition coefficient (Wildman–Crippen LogP) is 2.34. The van der Waals surface area contributed by atoms with Crippen molar-refractivity contribution >= 4 is 28.4 Å².